The Labute approximate surface area is 171 Å². The zero-order chi connectivity index (χ0) is 19.6. The van der Waals surface area contributed by atoms with E-state index in [2.05, 4.69) is 22.9 Å². The van der Waals surface area contributed by atoms with Crippen molar-refractivity contribution in [1.82, 2.24) is 0 Å². The van der Waals surface area contributed by atoms with Gasteiger partial charge in [-0.2, -0.15) is 0 Å². The average Bonchev–Trinajstić information content (AvgIpc) is 3.04. The number of methoxy groups -OCH3 is 1. The first kappa shape index (κ1) is 20.5. The fourth-order valence-corrected chi connectivity index (χ4v) is 5.49. The molecule has 0 N–H and O–H groups in total. The summed E-state index contributed by atoms with van der Waals surface area (Å²) in [6.45, 7) is 2.22. The van der Waals surface area contributed by atoms with Gasteiger partial charge in [0.1, 0.15) is 4.88 Å². The SMILES string of the molecule is COC(=O)c1sc(Br)cc1N(C(=O)C1CCC(C)CC1)C1CC=C(F)CC1. The Kier molecular flexibility index (Phi) is 6.74. The molecule has 2 aliphatic rings. The summed E-state index contributed by atoms with van der Waals surface area (Å²) in [6.07, 6.45) is 6.74. The molecule has 1 unspecified atom stereocenters. The number of anilines is 1. The minimum atomic E-state index is -0.451. The summed E-state index contributed by atoms with van der Waals surface area (Å²) in [4.78, 5) is 28.0. The van der Waals surface area contributed by atoms with Gasteiger partial charge in [0.2, 0.25) is 5.91 Å². The number of hydrogen-bond donors (Lipinski definition) is 0. The Hall–Kier alpha value is -1.21. The third-order valence-electron chi connectivity index (χ3n) is 5.61. The van der Waals surface area contributed by atoms with E-state index in [-0.39, 0.29) is 23.7 Å². The van der Waals surface area contributed by atoms with Crippen LogP contribution in [0.15, 0.2) is 21.8 Å². The Morgan fingerprint density at radius 3 is 2.56 bits per heavy atom. The van der Waals surface area contributed by atoms with Gasteiger partial charge in [-0.3, -0.25) is 4.79 Å². The topological polar surface area (TPSA) is 46.6 Å². The first-order chi connectivity index (χ1) is 12.9. The van der Waals surface area contributed by atoms with Crippen LogP contribution in [0.3, 0.4) is 0 Å². The summed E-state index contributed by atoms with van der Waals surface area (Å²) >= 11 is 4.70. The molecule has 148 valence electrons. The van der Waals surface area contributed by atoms with Crippen molar-refractivity contribution < 1.29 is 18.7 Å². The molecule has 3 rings (SSSR count). The fourth-order valence-electron chi connectivity index (χ4n) is 3.99. The molecule has 0 saturated heterocycles. The van der Waals surface area contributed by atoms with E-state index in [1.807, 2.05) is 6.07 Å². The predicted octanol–water partition coefficient (Wildman–Crippen LogP) is 5.86. The quantitative estimate of drug-likeness (QED) is 0.531. The molecule has 1 saturated carbocycles. The summed E-state index contributed by atoms with van der Waals surface area (Å²) < 4.78 is 19.3. The maximum atomic E-state index is 13.6. The monoisotopic (exact) mass is 457 g/mol. The van der Waals surface area contributed by atoms with E-state index in [0.717, 1.165) is 29.5 Å². The number of allylic oxidation sites excluding steroid dienone is 1. The maximum absolute atomic E-state index is 13.6. The third-order valence-corrected chi connectivity index (χ3v) is 7.22. The second kappa shape index (κ2) is 8.86. The van der Waals surface area contributed by atoms with Gasteiger partial charge in [-0.05, 0) is 66.4 Å². The van der Waals surface area contributed by atoms with Crippen LogP contribution in [0.5, 0.6) is 0 Å². The van der Waals surface area contributed by atoms with Crippen LogP contribution in [-0.4, -0.2) is 25.0 Å². The molecule has 0 aliphatic heterocycles. The van der Waals surface area contributed by atoms with Crippen molar-refractivity contribution in [2.24, 2.45) is 11.8 Å². The molecule has 0 radical (unpaired) electrons. The van der Waals surface area contributed by atoms with Crippen molar-refractivity contribution >= 4 is 44.8 Å². The number of hydrogen-bond acceptors (Lipinski definition) is 4. The largest absolute Gasteiger partial charge is 0.465 e. The van der Waals surface area contributed by atoms with Crippen molar-refractivity contribution in [2.45, 2.75) is 57.9 Å². The number of esters is 1. The molecule has 7 heteroatoms. The Morgan fingerprint density at radius 1 is 1.26 bits per heavy atom. The van der Waals surface area contributed by atoms with E-state index in [1.165, 1.54) is 18.4 Å². The Balaban J connectivity index is 1.96. The van der Waals surface area contributed by atoms with Gasteiger partial charge in [-0.15, -0.1) is 11.3 Å². The summed E-state index contributed by atoms with van der Waals surface area (Å²) in [6, 6.07) is 1.68. The number of rotatable bonds is 4. The van der Waals surface area contributed by atoms with Crippen LogP contribution in [0.2, 0.25) is 0 Å². The van der Waals surface area contributed by atoms with Crippen molar-refractivity contribution in [2.75, 3.05) is 12.0 Å². The summed E-state index contributed by atoms with van der Waals surface area (Å²) in [7, 11) is 1.34. The fraction of sp³-hybridized carbons (Fsp3) is 0.600. The van der Waals surface area contributed by atoms with Crippen LogP contribution in [0.4, 0.5) is 10.1 Å². The average molecular weight is 458 g/mol. The molecule has 1 aromatic heterocycles. The Bertz CT molecular complexity index is 740. The zero-order valence-electron chi connectivity index (χ0n) is 15.7. The number of halogens is 2. The second-order valence-corrected chi connectivity index (χ2v) is 9.93. The van der Waals surface area contributed by atoms with E-state index in [4.69, 9.17) is 4.74 Å². The van der Waals surface area contributed by atoms with Crippen LogP contribution >= 0.6 is 27.3 Å². The molecule has 0 bridgehead atoms. The summed E-state index contributed by atoms with van der Waals surface area (Å²) in [5, 5.41) is 0. The smallest absolute Gasteiger partial charge is 0.350 e. The lowest BCUT2D eigenvalue weighted by Crippen LogP contribution is -2.45. The molecule has 0 spiro atoms. The number of nitrogens with zero attached hydrogens (tertiary/aromatic N) is 1. The van der Waals surface area contributed by atoms with Crippen LogP contribution in [0.25, 0.3) is 0 Å². The number of ether oxygens (including phenoxy) is 1. The minimum Gasteiger partial charge on any atom is -0.465 e. The molecule has 1 amide bonds. The molecular weight excluding hydrogens is 433 g/mol. The first-order valence-corrected chi connectivity index (χ1v) is 11.1. The maximum Gasteiger partial charge on any atom is 0.350 e. The summed E-state index contributed by atoms with van der Waals surface area (Å²) in [5.41, 5.74) is 0.586. The van der Waals surface area contributed by atoms with E-state index >= 15 is 0 Å². The van der Waals surface area contributed by atoms with Crippen LogP contribution in [0.1, 0.15) is 61.5 Å². The highest BCUT2D eigenvalue weighted by molar-refractivity contribution is 9.11. The van der Waals surface area contributed by atoms with Gasteiger partial charge in [0.15, 0.2) is 0 Å². The molecule has 2 aliphatic carbocycles. The van der Waals surface area contributed by atoms with Gasteiger partial charge < -0.3 is 9.64 Å². The highest BCUT2D eigenvalue weighted by atomic mass is 79.9. The molecular formula is C20H25BrFNO3S. The Morgan fingerprint density at radius 2 is 1.96 bits per heavy atom. The van der Waals surface area contributed by atoms with Gasteiger partial charge in [0.25, 0.3) is 0 Å². The molecule has 1 fully saturated rings. The van der Waals surface area contributed by atoms with E-state index in [0.29, 0.717) is 35.7 Å². The second-order valence-electron chi connectivity index (χ2n) is 7.50. The third kappa shape index (κ3) is 4.62. The predicted molar refractivity (Wildman–Crippen MR) is 109 cm³/mol. The van der Waals surface area contributed by atoms with Crippen molar-refractivity contribution in [3.8, 4) is 0 Å². The van der Waals surface area contributed by atoms with Crippen molar-refractivity contribution in [1.29, 1.82) is 0 Å². The summed E-state index contributed by atoms with van der Waals surface area (Å²) in [5.74, 6) is 0.0902. The van der Waals surface area contributed by atoms with Gasteiger partial charge in [0.05, 0.1) is 22.4 Å². The van der Waals surface area contributed by atoms with E-state index in [9.17, 15) is 14.0 Å². The lowest BCUT2D eigenvalue weighted by Gasteiger charge is -2.37. The molecule has 1 heterocycles. The highest BCUT2D eigenvalue weighted by Gasteiger charge is 2.36. The van der Waals surface area contributed by atoms with Crippen LogP contribution < -0.4 is 4.90 Å². The number of amides is 1. The number of carbonyl (C=O) groups excluding carboxylic acids is 2. The van der Waals surface area contributed by atoms with E-state index in [1.54, 1.807) is 11.0 Å². The lowest BCUT2D eigenvalue weighted by molar-refractivity contribution is -0.124. The standard InChI is InChI=1S/C20H25BrFNO3S/c1-12-3-5-13(6-4-12)19(24)23(15-9-7-14(22)8-10-15)16-11-17(21)27-18(16)20(25)26-2/h7,11-13,15H,3-6,8-10H2,1-2H3. The molecule has 1 atom stereocenters. The number of carbonyl (C=O) groups is 2. The minimum absolute atomic E-state index is 0.0406. The van der Waals surface area contributed by atoms with Crippen molar-refractivity contribution in [3.63, 3.8) is 0 Å². The molecule has 27 heavy (non-hydrogen) atoms. The zero-order valence-corrected chi connectivity index (χ0v) is 18.1. The molecule has 1 aromatic rings. The van der Waals surface area contributed by atoms with Gasteiger partial charge in [0, 0.05) is 18.4 Å². The number of thiophene rings is 1. The highest BCUT2D eigenvalue weighted by Crippen LogP contribution is 2.40. The van der Waals surface area contributed by atoms with Crippen LogP contribution in [0, 0.1) is 11.8 Å². The van der Waals surface area contributed by atoms with Crippen molar-refractivity contribution in [3.05, 3.63) is 26.6 Å². The molecule has 0 aromatic carbocycles. The van der Waals surface area contributed by atoms with Crippen LogP contribution in [-0.2, 0) is 9.53 Å². The van der Waals surface area contributed by atoms with Gasteiger partial charge >= 0.3 is 5.97 Å². The first-order valence-electron chi connectivity index (χ1n) is 9.46. The van der Waals surface area contributed by atoms with Gasteiger partial charge in [-0.1, -0.05) is 13.0 Å². The lowest BCUT2D eigenvalue weighted by atomic mass is 9.81. The normalized spacial score (nSPS) is 25.6. The van der Waals surface area contributed by atoms with Gasteiger partial charge in [-0.25, -0.2) is 9.18 Å². The van der Waals surface area contributed by atoms with E-state index < -0.39 is 5.97 Å². The molecule has 4 nitrogen and oxygen atoms in total.